The molecule has 130 valence electrons. The summed E-state index contributed by atoms with van der Waals surface area (Å²) in [7, 11) is -4.06. The summed E-state index contributed by atoms with van der Waals surface area (Å²) in [6.07, 6.45) is 0.419. The Morgan fingerprint density at radius 2 is 1.79 bits per heavy atom. The number of hydrogen-bond donors (Lipinski definition) is 0. The fraction of sp³-hybridized carbons (Fsp3) is 0.250. The Morgan fingerprint density at radius 1 is 1.17 bits per heavy atom. The molecule has 2 aromatic rings. The lowest BCUT2D eigenvalue weighted by molar-refractivity contribution is 0.578. The first kappa shape index (κ1) is 19.1. The molecule has 24 heavy (non-hydrogen) atoms. The maximum absolute atomic E-state index is 14.1. The van der Waals surface area contributed by atoms with Crippen molar-refractivity contribution in [1.29, 1.82) is 0 Å². The van der Waals surface area contributed by atoms with Crippen LogP contribution in [0.4, 0.5) is 14.5 Å². The summed E-state index contributed by atoms with van der Waals surface area (Å²) >= 11 is 9.12. The minimum Gasteiger partial charge on any atom is -0.263 e. The van der Waals surface area contributed by atoms with Crippen molar-refractivity contribution in [3.63, 3.8) is 0 Å². The highest BCUT2D eigenvalue weighted by atomic mass is 79.9. The van der Waals surface area contributed by atoms with E-state index in [4.69, 9.17) is 11.6 Å². The van der Waals surface area contributed by atoms with Gasteiger partial charge in [-0.05, 0) is 42.8 Å². The van der Waals surface area contributed by atoms with Gasteiger partial charge in [0.15, 0.2) is 0 Å². The minimum absolute atomic E-state index is 0.00223. The van der Waals surface area contributed by atoms with Crippen LogP contribution in [-0.2, 0) is 10.0 Å². The maximum Gasteiger partial charge on any atom is 0.264 e. The van der Waals surface area contributed by atoms with Gasteiger partial charge in [0, 0.05) is 22.5 Å². The lowest BCUT2D eigenvalue weighted by atomic mass is 10.2. The van der Waals surface area contributed by atoms with Crippen LogP contribution in [0.1, 0.15) is 13.3 Å². The summed E-state index contributed by atoms with van der Waals surface area (Å²) in [5.74, 6) is -1.52. The average Bonchev–Trinajstić information content (AvgIpc) is 2.50. The normalized spacial score (nSPS) is 12.9. The van der Waals surface area contributed by atoms with Crippen molar-refractivity contribution in [1.82, 2.24) is 0 Å². The van der Waals surface area contributed by atoms with Gasteiger partial charge in [0.05, 0.1) is 10.6 Å². The molecular weight excluding hydrogens is 424 g/mol. The molecule has 0 aliphatic rings. The second-order valence-electron chi connectivity index (χ2n) is 5.20. The van der Waals surface area contributed by atoms with Crippen LogP contribution in [0.2, 0.25) is 5.02 Å². The van der Waals surface area contributed by atoms with Gasteiger partial charge in [-0.3, -0.25) is 4.31 Å². The Bertz CT molecular complexity index is 813. The summed E-state index contributed by atoms with van der Waals surface area (Å²) in [5, 5.41) is 0.381. The van der Waals surface area contributed by atoms with Crippen LogP contribution in [0.3, 0.4) is 0 Å². The van der Waals surface area contributed by atoms with Crippen LogP contribution in [0.15, 0.2) is 47.4 Å². The molecule has 0 amide bonds. The zero-order valence-corrected chi connectivity index (χ0v) is 15.9. The number of sulfonamides is 1. The quantitative estimate of drug-likeness (QED) is 0.596. The first-order valence-electron chi connectivity index (χ1n) is 7.09. The molecular formula is C16H15BrClF2NO2S. The van der Waals surface area contributed by atoms with Crippen molar-refractivity contribution in [2.24, 2.45) is 0 Å². The molecule has 1 atom stereocenters. The summed E-state index contributed by atoms with van der Waals surface area (Å²) in [5.41, 5.74) is -0.321. The number of halogens is 4. The minimum atomic E-state index is -4.06. The fourth-order valence-corrected chi connectivity index (χ4v) is 3.89. The summed E-state index contributed by atoms with van der Waals surface area (Å²) < 4.78 is 54.4. The Balaban J connectivity index is 2.52. The molecule has 0 heterocycles. The summed E-state index contributed by atoms with van der Waals surface area (Å²) in [4.78, 5) is -0.0326. The monoisotopic (exact) mass is 437 g/mol. The molecule has 0 aliphatic heterocycles. The number of anilines is 1. The SMILES string of the molecule is C[C@@H](Br)CCN(c1cc(F)ccc1F)S(=O)(=O)c1ccc(Cl)cc1. The van der Waals surface area contributed by atoms with Crippen molar-refractivity contribution in [3.8, 4) is 0 Å². The summed E-state index contributed by atoms with van der Waals surface area (Å²) in [6, 6.07) is 8.26. The van der Waals surface area contributed by atoms with E-state index in [9.17, 15) is 17.2 Å². The van der Waals surface area contributed by atoms with Gasteiger partial charge in [0.25, 0.3) is 10.0 Å². The number of hydrogen-bond acceptors (Lipinski definition) is 2. The number of alkyl halides is 1. The van der Waals surface area contributed by atoms with E-state index >= 15 is 0 Å². The highest BCUT2D eigenvalue weighted by Crippen LogP contribution is 2.28. The van der Waals surface area contributed by atoms with Crippen LogP contribution in [-0.4, -0.2) is 19.8 Å². The van der Waals surface area contributed by atoms with Crippen LogP contribution in [0, 0.1) is 11.6 Å². The zero-order valence-electron chi connectivity index (χ0n) is 12.7. The van der Waals surface area contributed by atoms with E-state index in [1.54, 1.807) is 0 Å². The number of benzene rings is 2. The maximum atomic E-state index is 14.1. The molecule has 2 aromatic carbocycles. The zero-order chi connectivity index (χ0) is 17.9. The van der Waals surface area contributed by atoms with Crippen LogP contribution in [0.5, 0.6) is 0 Å². The first-order chi connectivity index (χ1) is 11.2. The van der Waals surface area contributed by atoms with Crippen molar-refractivity contribution in [3.05, 3.63) is 59.1 Å². The second kappa shape index (κ2) is 7.80. The van der Waals surface area contributed by atoms with E-state index < -0.39 is 21.7 Å². The second-order valence-corrected chi connectivity index (χ2v) is 9.06. The Morgan fingerprint density at radius 3 is 2.38 bits per heavy atom. The van der Waals surface area contributed by atoms with E-state index in [1.807, 2.05) is 6.92 Å². The van der Waals surface area contributed by atoms with Gasteiger partial charge in [0.2, 0.25) is 0 Å². The lowest BCUT2D eigenvalue weighted by Gasteiger charge is -2.25. The highest BCUT2D eigenvalue weighted by molar-refractivity contribution is 9.09. The molecule has 0 unspecified atom stereocenters. The molecule has 0 fully saturated rings. The van der Waals surface area contributed by atoms with Gasteiger partial charge in [-0.15, -0.1) is 0 Å². The molecule has 0 spiro atoms. The number of nitrogens with zero attached hydrogens (tertiary/aromatic N) is 1. The molecule has 0 radical (unpaired) electrons. The van der Waals surface area contributed by atoms with Gasteiger partial charge in [-0.25, -0.2) is 17.2 Å². The lowest BCUT2D eigenvalue weighted by Crippen LogP contribution is -2.33. The van der Waals surface area contributed by atoms with E-state index in [1.165, 1.54) is 24.3 Å². The van der Waals surface area contributed by atoms with Crippen LogP contribution < -0.4 is 4.31 Å². The smallest absolute Gasteiger partial charge is 0.263 e. The van der Waals surface area contributed by atoms with Crippen LogP contribution >= 0.6 is 27.5 Å². The Hall–Kier alpha value is -1.18. The molecule has 0 N–H and O–H groups in total. The van der Waals surface area contributed by atoms with Gasteiger partial charge < -0.3 is 0 Å². The Kier molecular flexibility index (Phi) is 6.22. The molecule has 8 heteroatoms. The van der Waals surface area contributed by atoms with Gasteiger partial charge in [0.1, 0.15) is 11.6 Å². The molecule has 0 aliphatic carbocycles. The van der Waals surface area contributed by atoms with Crippen LogP contribution in [0.25, 0.3) is 0 Å². The molecule has 2 rings (SSSR count). The van der Waals surface area contributed by atoms with E-state index in [0.29, 0.717) is 11.4 Å². The third-order valence-corrected chi connectivity index (χ3v) is 5.85. The standard InChI is InChI=1S/C16H15BrClF2NO2S/c1-11(17)8-9-21(16-10-13(19)4-7-15(16)20)24(22,23)14-5-2-12(18)3-6-14/h2-7,10-11H,8-9H2,1H3/t11-/m1/s1. The molecule has 0 saturated carbocycles. The molecule has 0 saturated heterocycles. The van der Waals surface area contributed by atoms with Gasteiger partial charge in [-0.1, -0.05) is 34.5 Å². The van der Waals surface area contributed by atoms with Crippen molar-refractivity contribution in [2.75, 3.05) is 10.8 Å². The summed E-state index contributed by atoms with van der Waals surface area (Å²) in [6.45, 7) is 1.84. The average molecular weight is 439 g/mol. The third-order valence-electron chi connectivity index (χ3n) is 3.31. The van der Waals surface area contributed by atoms with E-state index in [2.05, 4.69) is 15.9 Å². The highest BCUT2D eigenvalue weighted by Gasteiger charge is 2.27. The van der Waals surface area contributed by atoms with Crippen molar-refractivity contribution >= 4 is 43.2 Å². The Labute approximate surface area is 153 Å². The van der Waals surface area contributed by atoms with Gasteiger partial charge in [-0.2, -0.15) is 0 Å². The number of rotatable bonds is 6. The first-order valence-corrected chi connectivity index (χ1v) is 9.82. The van der Waals surface area contributed by atoms with Crippen molar-refractivity contribution < 1.29 is 17.2 Å². The predicted octanol–water partition coefficient (Wildman–Crippen LogP) is 4.99. The van der Waals surface area contributed by atoms with Gasteiger partial charge >= 0.3 is 0 Å². The topological polar surface area (TPSA) is 37.4 Å². The van der Waals surface area contributed by atoms with Crippen molar-refractivity contribution in [2.45, 2.75) is 23.1 Å². The largest absolute Gasteiger partial charge is 0.264 e. The third kappa shape index (κ3) is 4.46. The molecule has 0 aromatic heterocycles. The van der Waals surface area contributed by atoms with E-state index in [0.717, 1.165) is 22.5 Å². The molecule has 3 nitrogen and oxygen atoms in total. The van der Waals surface area contributed by atoms with E-state index in [-0.39, 0.29) is 22.0 Å². The predicted molar refractivity (Wildman–Crippen MR) is 95.3 cm³/mol. The molecule has 0 bridgehead atoms. The fourth-order valence-electron chi connectivity index (χ4n) is 2.08.